The number of imidazole rings is 1. The Morgan fingerprint density at radius 2 is 1.89 bits per heavy atom. The van der Waals surface area contributed by atoms with Gasteiger partial charge in [0.15, 0.2) is 17.4 Å². The van der Waals surface area contributed by atoms with Gasteiger partial charge in [-0.2, -0.15) is 9.97 Å². The van der Waals surface area contributed by atoms with Crippen molar-refractivity contribution in [3.63, 3.8) is 0 Å². The highest BCUT2D eigenvalue weighted by Gasteiger charge is 2.54. The zero-order chi connectivity index (χ0) is 34.3. The molecule has 254 valence electrons. The zero-order valence-corrected chi connectivity index (χ0v) is 28.3. The minimum atomic E-state index is -4.13. The molecule has 5 rings (SSSR count). The number of aliphatic hydroxyl groups is 2. The highest BCUT2D eigenvalue weighted by Crippen LogP contribution is 2.47. The molecule has 16 heteroatoms. The van der Waals surface area contributed by atoms with E-state index in [0.717, 1.165) is 10.8 Å². The molecule has 15 nitrogen and oxygen atoms in total. The number of anilines is 2. The number of esters is 1. The van der Waals surface area contributed by atoms with E-state index in [-0.39, 0.29) is 35.0 Å². The lowest BCUT2D eigenvalue weighted by molar-refractivity contribution is -0.148. The third-order valence-corrected chi connectivity index (χ3v) is 9.50. The monoisotopic (exact) mass is 671 g/mol. The summed E-state index contributed by atoms with van der Waals surface area (Å²) >= 11 is 0. The van der Waals surface area contributed by atoms with Crippen LogP contribution in [0.25, 0.3) is 21.9 Å². The Morgan fingerprint density at radius 3 is 2.60 bits per heavy atom. The molecule has 0 saturated carbocycles. The predicted molar refractivity (Wildman–Crippen MR) is 176 cm³/mol. The number of nitrogens with zero attached hydrogens (tertiary/aromatic N) is 4. The number of nitrogen functional groups attached to an aromatic ring is 1. The van der Waals surface area contributed by atoms with Gasteiger partial charge in [0.05, 0.1) is 26.0 Å². The summed E-state index contributed by atoms with van der Waals surface area (Å²) in [5.41, 5.74) is 4.73. The number of aliphatic hydroxyl groups excluding tert-OH is 1. The molecule has 6 unspecified atom stereocenters. The quantitative estimate of drug-likeness (QED) is 0.114. The average Bonchev–Trinajstić information content (AvgIpc) is 3.44. The first-order valence-electron chi connectivity index (χ1n) is 15.1. The minimum Gasteiger partial charge on any atom is -0.479 e. The number of hydrogen-bond acceptors (Lipinski definition) is 12. The Hall–Kier alpha value is -3.85. The molecule has 0 spiro atoms. The summed E-state index contributed by atoms with van der Waals surface area (Å²) in [6, 6.07) is 11.9. The molecule has 0 amide bonds. The Morgan fingerprint density at radius 1 is 1.19 bits per heavy atom. The summed E-state index contributed by atoms with van der Waals surface area (Å²) in [5.74, 6) is -0.197. The van der Waals surface area contributed by atoms with Crippen molar-refractivity contribution in [2.45, 2.75) is 71.6 Å². The van der Waals surface area contributed by atoms with Gasteiger partial charge < -0.3 is 35.2 Å². The van der Waals surface area contributed by atoms with Crippen molar-refractivity contribution in [2.75, 3.05) is 31.1 Å². The molecule has 0 bridgehead atoms. The van der Waals surface area contributed by atoms with Crippen molar-refractivity contribution >= 4 is 47.2 Å². The molecule has 3 heterocycles. The van der Waals surface area contributed by atoms with Crippen LogP contribution in [0.2, 0.25) is 0 Å². The van der Waals surface area contributed by atoms with Crippen molar-refractivity contribution in [2.24, 2.45) is 5.41 Å². The van der Waals surface area contributed by atoms with Crippen molar-refractivity contribution < 1.29 is 38.3 Å². The number of nitrogens with two attached hydrogens (primary N) is 1. The second kappa shape index (κ2) is 13.0. The van der Waals surface area contributed by atoms with Gasteiger partial charge in [0.2, 0.25) is 11.8 Å². The van der Waals surface area contributed by atoms with Gasteiger partial charge in [0.1, 0.15) is 29.7 Å². The fourth-order valence-corrected chi connectivity index (χ4v) is 7.02. The Bertz CT molecular complexity index is 1820. The van der Waals surface area contributed by atoms with Gasteiger partial charge in [0.25, 0.3) is 0 Å². The summed E-state index contributed by atoms with van der Waals surface area (Å²) in [7, 11) is -2.72. The highest BCUT2D eigenvalue weighted by molar-refractivity contribution is 7.58. The maximum absolute atomic E-state index is 14.5. The van der Waals surface area contributed by atoms with Gasteiger partial charge in [-0.1, -0.05) is 57.2 Å². The van der Waals surface area contributed by atoms with Crippen molar-refractivity contribution in [1.82, 2.24) is 24.6 Å². The number of ether oxygens (including phenoxy) is 3. The molecule has 47 heavy (non-hydrogen) atoms. The molecule has 0 radical (unpaired) electrons. The first-order chi connectivity index (χ1) is 22.0. The molecule has 2 aromatic carbocycles. The molecular weight excluding hydrogens is 629 g/mol. The lowest BCUT2D eigenvalue weighted by Crippen LogP contribution is -2.45. The van der Waals surface area contributed by atoms with Crippen molar-refractivity contribution in [3.8, 4) is 5.88 Å². The average molecular weight is 672 g/mol. The van der Waals surface area contributed by atoms with Gasteiger partial charge in [-0.15, -0.1) is 0 Å². The Balaban J connectivity index is 1.42. The second-order valence-corrected chi connectivity index (χ2v) is 14.8. The van der Waals surface area contributed by atoms with E-state index in [1.165, 1.54) is 25.5 Å². The summed E-state index contributed by atoms with van der Waals surface area (Å²) in [6.45, 7) is 10.1. The minimum absolute atomic E-state index is 0.0877. The first kappa shape index (κ1) is 34.5. The largest absolute Gasteiger partial charge is 0.479 e. The van der Waals surface area contributed by atoms with Crippen LogP contribution in [0.1, 0.15) is 46.7 Å². The van der Waals surface area contributed by atoms with E-state index < -0.39 is 50.3 Å². The number of aryl methyl sites for hydroxylation is 1. The molecule has 4 aromatic rings. The third kappa shape index (κ3) is 7.20. The van der Waals surface area contributed by atoms with Crippen LogP contribution in [-0.4, -0.2) is 79.9 Å². The van der Waals surface area contributed by atoms with Crippen LogP contribution >= 0.6 is 7.67 Å². The van der Waals surface area contributed by atoms with Gasteiger partial charge in [-0.25, -0.2) is 14.6 Å². The van der Waals surface area contributed by atoms with Crippen molar-refractivity contribution in [3.05, 3.63) is 48.3 Å². The number of nitrogens with one attached hydrogen (secondary N) is 2. The number of methoxy groups -OCH3 is 1. The maximum Gasteiger partial charge on any atom is 0.366 e. The summed E-state index contributed by atoms with van der Waals surface area (Å²) < 4.78 is 38.9. The van der Waals surface area contributed by atoms with E-state index in [1.807, 2.05) is 51.1 Å². The van der Waals surface area contributed by atoms with Crippen LogP contribution in [0.15, 0.2) is 42.5 Å². The Kier molecular flexibility index (Phi) is 9.52. The number of carbonyl (C=O) groups is 1. The molecule has 0 aliphatic carbocycles. The molecular formula is C31H42N7O8P. The molecule has 6 N–H and O–H groups in total. The summed E-state index contributed by atoms with van der Waals surface area (Å²) in [4.78, 5) is 25.7. The SMILES string of the molecule is COc1nc(N)nc2c1nc(C)n2C1OC(COP(=O)(Nc2cccc3ccccc23)NC(C)C(=O)OCC(C)(C)C)C(O)C1(C)O. The van der Waals surface area contributed by atoms with E-state index in [2.05, 4.69) is 25.1 Å². The standard InChI is InChI=1S/C31H42N7O8P/c1-17(27(40)44-16-30(3,4)5)36-47(42,37-21-14-10-12-19-11-8-9-13-20(19)21)45-15-22-24(39)31(6,41)28(46-22)38-18(2)33-23-25(38)34-29(32)35-26(23)43-7/h8-14,17,22,24,28,39,41H,15-16H2,1-7H3,(H2,32,34,35)(H2,36,37,42). The van der Waals surface area contributed by atoms with E-state index in [9.17, 15) is 19.6 Å². The lowest BCUT2D eigenvalue weighted by atomic mass is 9.96. The van der Waals surface area contributed by atoms with E-state index >= 15 is 0 Å². The van der Waals surface area contributed by atoms with Crippen LogP contribution in [0.5, 0.6) is 5.88 Å². The number of carbonyl (C=O) groups excluding carboxylic acids is 1. The van der Waals surface area contributed by atoms with E-state index in [4.69, 9.17) is 24.5 Å². The fraction of sp³-hybridized carbons (Fsp3) is 0.484. The Labute approximate surface area is 272 Å². The lowest BCUT2D eigenvalue weighted by Gasteiger charge is -2.28. The van der Waals surface area contributed by atoms with E-state index in [1.54, 1.807) is 19.1 Å². The molecule has 2 aromatic heterocycles. The molecule has 1 aliphatic rings. The van der Waals surface area contributed by atoms with Gasteiger partial charge in [-0.3, -0.25) is 13.9 Å². The fourth-order valence-electron chi connectivity index (χ4n) is 5.33. The number of benzene rings is 2. The number of hydrogen-bond donors (Lipinski definition) is 5. The predicted octanol–water partition coefficient (Wildman–Crippen LogP) is 3.69. The van der Waals surface area contributed by atoms with Crippen LogP contribution in [0.3, 0.4) is 0 Å². The molecule has 1 saturated heterocycles. The van der Waals surface area contributed by atoms with E-state index in [0.29, 0.717) is 11.5 Å². The normalized spacial score (nSPS) is 23.5. The zero-order valence-electron chi connectivity index (χ0n) is 27.4. The summed E-state index contributed by atoms with van der Waals surface area (Å²) in [5, 5.41) is 30.2. The number of aromatic nitrogens is 4. The van der Waals surface area contributed by atoms with Gasteiger partial charge in [0, 0.05) is 5.39 Å². The summed E-state index contributed by atoms with van der Waals surface area (Å²) in [6.07, 6.45) is -3.90. The third-order valence-electron chi connectivity index (χ3n) is 7.73. The van der Waals surface area contributed by atoms with Crippen LogP contribution in [-0.2, 0) is 23.4 Å². The highest BCUT2D eigenvalue weighted by atomic mass is 31.2. The van der Waals surface area contributed by atoms with Gasteiger partial charge in [-0.05, 0) is 37.6 Å². The molecule has 6 atom stereocenters. The first-order valence-corrected chi connectivity index (χ1v) is 16.7. The number of rotatable bonds is 11. The maximum atomic E-state index is 14.5. The van der Waals surface area contributed by atoms with Gasteiger partial charge >= 0.3 is 13.6 Å². The smallest absolute Gasteiger partial charge is 0.366 e. The van der Waals surface area contributed by atoms with Crippen molar-refractivity contribution in [1.29, 1.82) is 0 Å². The second-order valence-electron chi connectivity index (χ2n) is 13.0. The molecule has 1 fully saturated rings. The topological polar surface area (TPSA) is 205 Å². The van der Waals surface area contributed by atoms with Crippen LogP contribution in [0, 0.1) is 12.3 Å². The van der Waals surface area contributed by atoms with Crippen LogP contribution in [0.4, 0.5) is 11.6 Å². The number of fused-ring (bicyclic) bond motifs is 2. The molecule has 1 aliphatic heterocycles. The van der Waals surface area contributed by atoms with Crippen LogP contribution < -0.4 is 20.6 Å².